The lowest BCUT2D eigenvalue weighted by Gasteiger charge is -2.15. The van der Waals surface area contributed by atoms with Crippen molar-refractivity contribution in [2.24, 2.45) is 0 Å². The maximum atomic E-state index is 13.5. The molecule has 1 aliphatic carbocycles. The standard InChI is InChI=1S/C16H17FIN3/c1-9-6-7-11(17)8-12(9)16-20-14(10-4-2-3-5-10)13(18)15(19)21-16/h6-8,10H,2-5H2,1H3,(H2,19,20,21). The first-order valence-electron chi connectivity index (χ1n) is 7.15. The van der Waals surface area contributed by atoms with Gasteiger partial charge in [-0.2, -0.15) is 0 Å². The number of nitrogen functional groups attached to an aromatic ring is 1. The van der Waals surface area contributed by atoms with Gasteiger partial charge >= 0.3 is 0 Å². The number of rotatable bonds is 2. The number of aromatic nitrogens is 2. The van der Waals surface area contributed by atoms with Crippen molar-refractivity contribution in [1.82, 2.24) is 9.97 Å². The van der Waals surface area contributed by atoms with Gasteiger partial charge < -0.3 is 5.73 Å². The van der Waals surface area contributed by atoms with Gasteiger partial charge in [-0.15, -0.1) is 0 Å². The van der Waals surface area contributed by atoms with E-state index in [1.807, 2.05) is 6.92 Å². The molecule has 3 rings (SSSR count). The Kier molecular flexibility index (Phi) is 4.10. The number of nitrogens with two attached hydrogens (primary N) is 1. The molecule has 1 heterocycles. The van der Waals surface area contributed by atoms with Crippen LogP contribution >= 0.6 is 22.6 Å². The summed E-state index contributed by atoms with van der Waals surface area (Å²) in [5.41, 5.74) is 8.76. The van der Waals surface area contributed by atoms with Crippen molar-refractivity contribution in [1.29, 1.82) is 0 Å². The number of hydrogen-bond donors (Lipinski definition) is 1. The fourth-order valence-corrected chi connectivity index (χ4v) is 3.59. The van der Waals surface area contributed by atoms with Gasteiger partial charge in [0.2, 0.25) is 0 Å². The summed E-state index contributed by atoms with van der Waals surface area (Å²) in [5.74, 6) is 1.20. The molecule has 0 radical (unpaired) electrons. The fraction of sp³-hybridized carbons (Fsp3) is 0.375. The molecule has 0 aliphatic heterocycles. The molecule has 110 valence electrons. The van der Waals surface area contributed by atoms with E-state index in [1.54, 1.807) is 6.07 Å². The molecule has 2 aromatic rings. The smallest absolute Gasteiger partial charge is 0.162 e. The van der Waals surface area contributed by atoms with Gasteiger partial charge in [-0.05, 0) is 60.1 Å². The minimum atomic E-state index is -0.279. The van der Waals surface area contributed by atoms with E-state index in [0.29, 0.717) is 17.6 Å². The van der Waals surface area contributed by atoms with Crippen LogP contribution in [0.3, 0.4) is 0 Å². The van der Waals surface area contributed by atoms with Crippen LogP contribution in [0.15, 0.2) is 18.2 Å². The van der Waals surface area contributed by atoms with Gasteiger partial charge in [0.05, 0.1) is 9.26 Å². The largest absolute Gasteiger partial charge is 0.383 e. The predicted octanol–water partition coefficient (Wildman–Crippen LogP) is 4.44. The number of hydrogen-bond acceptors (Lipinski definition) is 3. The van der Waals surface area contributed by atoms with E-state index >= 15 is 0 Å². The number of halogens is 2. The van der Waals surface area contributed by atoms with Gasteiger partial charge in [0.1, 0.15) is 11.6 Å². The summed E-state index contributed by atoms with van der Waals surface area (Å²) in [6, 6.07) is 4.68. The Morgan fingerprint density at radius 3 is 2.67 bits per heavy atom. The lowest BCUT2D eigenvalue weighted by molar-refractivity contribution is 0.627. The minimum absolute atomic E-state index is 0.279. The second-order valence-electron chi connectivity index (χ2n) is 5.57. The zero-order chi connectivity index (χ0) is 15.0. The molecule has 1 aliphatic rings. The molecule has 1 aromatic heterocycles. The molecule has 0 bridgehead atoms. The Balaban J connectivity index is 2.13. The fourth-order valence-electron chi connectivity index (χ4n) is 2.91. The van der Waals surface area contributed by atoms with Gasteiger partial charge in [0, 0.05) is 11.5 Å². The van der Waals surface area contributed by atoms with E-state index < -0.39 is 0 Å². The topological polar surface area (TPSA) is 51.8 Å². The SMILES string of the molecule is Cc1ccc(F)cc1-c1nc(N)c(I)c(C2CCCC2)n1. The Morgan fingerprint density at radius 2 is 1.95 bits per heavy atom. The van der Waals surface area contributed by atoms with E-state index in [-0.39, 0.29) is 5.82 Å². The van der Waals surface area contributed by atoms with Crippen molar-refractivity contribution < 1.29 is 4.39 Å². The molecule has 21 heavy (non-hydrogen) atoms. The number of anilines is 1. The first kappa shape index (κ1) is 14.7. The van der Waals surface area contributed by atoms with Crippen LogP contribution < -0.4 is 5.73 Å². The van der Waals surface area contributed by atoms with Crippen molar-refractivity contribution in [3.05, 3.63) is 38.8 Å². The summed E-state index contributed by atoms with van der Waals surface area (Å²) < 4.78 is 14.5. The van der Waals surface area contributed by atoms with E-state index in [1.165, 1.54) is 25.0 Å². The monoisotopic (exact) mass is 397 g/mol. The molecule has 2 N–H and O–H groups in total. The van der Waals surface area contributed by atoms with Crippen LogP contribution in [0.1, 0.15) is 42.9 Å². The Morgan fingerprint density at radius 1 is 1.24 bits per heavy atom. The Labute approximate surface area is 137 Å². The highest BCUT2D eigenvalue weighted by Crippen LogP contribution is 2.37. The molecule has 0 saturated heterocycles. The molecule has 1 saturated carbocycles. The zero-order valence-electron chi connectivity index (χ0n) is 11.9. The predicted molar refractivity (Wildman–Crippen MR) is 90.5 cm³/mol. The Hall–Kier alpha value is -1.24. The van der Waals surface area contributed by atoms with E-state index in [2.05, 4.69) is 27.6 Å². The van der Waals surface area contributed by atoms with Gasteiger partial charge in [-0.25, -0.2) is 14.4 Å². The summed E-state index contributed by atoms with van der Waals surface area (Å²) in [7, 11) is 0. The maximum absolute atomic E-state index is 13.5. The second kappa shape index (κ2) is 5.87. The number of aryl methyl sites for hydroxylation is 1. The Bertz CT molecular complexity index is 681. The van der Waals surface area contributed by atoms with E-state index in [4.69, 9.17) is 10.7 Å². The van der Waals surface area contributed by atoms with Crippen molar-refractivity contribution in [2.75, 3.05) is 5.73 Å². The van der Waals surface area contributed by atoms with Crippen LogP contribution in [0.2, 0.25) is 0 Å². The number of nitrogens with zero attached hydrogens (tertiary/aromatic N) is 2. The molecular formula is C16H17FIN3. The molecule has 0 atom stereocenters. The molecule has 1 aromatic carbocycles. The number of benzene rings is 1. The van der Waals surface area contributed by atoms with Crippen molar-refractivity contribution in [3.63, 3.8) is 0 Å². The van der Waals surface area contributed by atoms with Gasteiger partial charge in [-0.1, -0.05) is 18.9 Å². The van der Waals surface area contributed by atoms with Crippen LogP contribution in [-0.4, -0.2) is 9.97 Å². The zero-order valence-corrected chi connectivity index (χ0v) is 14.0. The molecular weight excluding hydrogens is 380 g/mol. The molecule has 0 unspecified atom stereocenters. The average molecular weight is 397 g/mol. The van der Waals surface area contributed by atoms with Crippen LogP contribution in [0.4, 0.5) is 10.2 Å². The van der Waals surface area contributed by atoms with E-state index in [9.17, 15) is 4.39 Å². The molecule has 0 amide bonds. The van der Waals surface area contributed by atoms with Gasteiger partial charge in [-0.3, -0.25) is 0 Å². The second-order valence-corrected chi connectivity index (χ2v) is 6.65. The van der Waals surface area contributed by atoms with Crippen molar-refractivity contribution >= 4 is 28.4 Å². The third-order valence-electron chi connectivity index (χ3n) is 4.08. The van der Waals surface area contributed by atoms with Crippen molar-refractivity contribution in [2.45, 2.75) is 38.5 Å². The first-order chi connectivity index (χ1) is 10.1. The summed E-state index contributed by atoms with van der Waals surface area (Å²) >= 11 is 2.22. The summed E-state index contributed by atoms with van der Waals surface area (Å²) in [6.45, 7) is 1.93. The van der Waals surface area contributed by atoms with Crippen LogP contribution in [0, 0.1) is 16.3 Å². The highest BCUT2D eigenvalue weighted by molar-refractivity contribution is 14.1. The highest BCUT2D eigenvalue weighted by atomic mass is 127. The quantitative estimate of drug-likeness (QED) is 0.763. The van der Waals surface area contributed by atoms with Gasteiger partial charge in [0.15, 0.2) is 5.82 Å². The summed E-state index contributed by atoms with van der Waals surface area (Å²) in [5, 5.41) is 0. The summed E-state index contributed by atoms with van der Waals surface area (Å²) in [4.78, 5) is 9.09. The lowest BCUT2D eigenvalue weighted by atomic mass is 10.0. The lowest BCUT2D eigenvalue weighted by Crippen LogP contribution is -2.08. The average Bonchev–Trinajstić information content (AvgIpc) is 2.98. The highest BCUT2D eigenvalue weighted by Gasteiger charge is 2.23. The van der Waals surface area contributed by atoms with Crippen LogP contribution in [0.25, 0.3) is 11.4 Å². The molecule has 0 spiro atoms. The molecule has 3 nitrogen and oxygen atoms in total. The minimum Gasteiger partial charge on any atom is -0.383 e. The first-order valence-corrected chi connectivity index (χ1v) is 8.23. The normalized spacial score (nSPS) is 15.6. The van der Waals surface area contributed by atoms with E-state index in [0.717, 1.165) is 33.2 Å². The molecule has 5 heteroatoms. The third-order valence-corrected chi connectivity index (χ3v) is 5.19. The van der Waals surface area contributed by atoms with Crippen molar-refractivity contribution in [3.8, 4) is 11.4 Å². The molecule has 1 fully saturated rings. The third kappa shape index (κ3) is 2.88. The van der Waals surface area contributed by atoms with Gasteiger partial charge in [0.25, 0.3) is 0 Å². The summed E-state index contributed by atoms with van der Waals surface area (Å²) in [6.07, 6.45) is 4.76. The van der Waals surface area contributed by atoms with Crippen LogP contribution in [0.5, 0.6) is 0 Å². The maximum Gasteiger partial charge on any atom is 0.162 e. The van der Waals surface area contributed by atoms with Crippen LogP contribution in [-0.2, 0) is 0 Å².